The Bertz CT molecular complexity index is 881. The van der Waals surface area contributed by atoms with Crippen LogP contribution in [0.2, 0.25) is 0 Å². The van der Waals surface area contributed by atoms with Crippen molar-refractivity contribution in [1.82, 2.24) is 15.5 Å². The second kappa shape index (κ2) is 7.86. The van der Waals surface area contributed by atoms with Crippen molar-refractivity contribution in [1.29, 1.82) is 0 Å². The van der Waals surface area contributed by atoms with E-state index in [-0.39, 0.29) is 11.4 Å². The van der Waals surface area contributed by atoms with Crippen LogP contribution < -0.4 is 10.6 Å². The van der Waals surface area contributed by atoms with Crippen LogP contribution in [0.4, 0.5) is 0 Å². The minimum Gasteiger partial charge on any atom is -0.463 e. The van der Waals surface area contributed by atoms with Gasteiger partial charge in [-0.3, -0.25) is 9.69 Å². The van der Waals surface area contributed by atoms with E-state index in [4.69, 9.17) is 4.42 Å². The summed E-state index contributed by atoms with van der Waals surface area (Å²) < 4.78 is 5.51. The molecule has 2 aliphatic rings. The summed E-state index contributed by atoms with van der Waals surface area (Å²) in [5.41, 5.74) is 2.54. The monoisotopic (exact) mass is 395 g/mol. The molecule has 0 aliphatic carbocycles. The molecule has 5 heteroatoms. The van der Waals surface area contributed by atoms with Crippen LogP contribution in [-0.2, 0) is 0 Å². The fourth-order valence-corrected chi connectivity index (χ4v) is 5.09. The second-order valence-corrected chi connectivity index (χ2v) is 9.73. The molecule has 0 spiro atoms. The molecular formula is C24H33N3O2. The molecule has 2 atom stereocenters. The highest BCUT2D eigenvalue weighted by molar-refractivity contribution is 6.05. The average molecular weight is 396 g/mol. The van der Waals surface area contributed by atoms with E-state index in [0.29, 0.717) is 23.6 Å². The molecule has 2 aromatic rings. The van der Waals surface area contributed by atoms with E-state index < -0.39 is 0 Å². The number of fused-ring (bicyclic) bond motifs is 3. The first kappa shape index (κ1) is 20.0. The summed E-state index contributed by atoms with van der Waals surface area (Å²) in [6, 6.07) is 8.88. The lowest BCUT2D eigenvalue weighted by Crippen LogP contribution is -2.48. The Morgan fingerprint density at radius 2 is 1.90 bits per heavy atom. The number of rotatable bonds is 6. The molecule has 5 nitrogen and oxygen atoms in total. The molecule has 2 fully saturated rings. The predicted octanol–water partition coefficient (Wildman–Crippen LogP) is 4.31. The van der Waals surface area contributed by atoms with Crippen molar-refractivity contribution >= 4 is 16.9 Å². The first-order valence-corrected chi connectivity index (χ1v) is 10.8. The number of nitrogens with zero attached hydrogens (tertiary/aromatic N) is 1. The van der Waals surface area contributed by atoms with E-state index >= 15 is 0 Å². The van der Waals surface area contributed by atoms with Gasteiger partial charge in [0.2, 0.25) is 0 Å². The topological polar surface area (TPSA) is 57.5 Å². The zero-order valence-corrected chi connectivity index (χ0v) is 17.8. The second-order valence-electron chi connectivity index (χ2n) is 9.73. The third kappa shape index (κ3) is 4.50. The molecule has 2 bridgehead atoms. The van der Waals surface area contributed by atoms with E-state index in [1.165, 1.54) is 12.8 Å². The average Bonchev–Trinajstić information content (AvgIpc) is 3.16. The summed E-state index contributed by atoms with van der Waals surface area (Å²) in [5, 5.41) is 7.55. The number of para-hydroxylation sites is 1. The molecule has 3 heterocycles. The number of piperidine rings is 1. The summed E-state index contributed by atoms with van der Waals surface area (Å²) in [4.78, 5) is 15.3. The Kier molecular flexibility index (Phi) is 5.43. The zero-order valence-electron chi connectivity index (χ0n) is 17.8. The maximum atomic E-state index is 12.7. The molecule has 2 unspecified atom stereocenters. The third-order valence-corrected chi connectivity index (χ3v) is 6.18. The highest BCUT2D eigenvalue weighted by atomic mass is 16.3. The largest absolute Gasteiger partial charge is 0.463 e. The van der Waals surface area contributed by atoms with Crippen LogP contribution in [0.3, 0.4) is 0 Å². The van der Waals surface area contributed by atoms with Gasteiger partial charge in [0, 0.05) is 41.8 Å². The van der Waals surface area contributed by atoms with Crippen LogP contribution >= 0.6 is 0 Å². The number of carbonyl (C=O) groups excluding carboxylic acids is 1. The van der Waals surface area contributed by atoms with Crippen molar-refractivity contribution in [3.05, 3.63) is 48.4 Å². The molecular weight excluding hydrogens is 362 g/mol. The lowest BCUT2D eigenvalue weighted by Gasteiger charge is -2.40. The Hall–Kier alpha value is -2.27. The van der Waals surface area contributed by atoms with Crippen molar-refractivity contribution in [3.8, 4) is 0 Å². The molecule has 2 aliphatic heterocycles. The van der Waals surface area contributed by atoms with Crippen LogP contribution in [0, 0.1) is 5.92 Å². The maximum absolute atomic E-state index is 12.7. The van der Waals surface area contributed by atoms with Crippen molar-refractivity contribution in [3.63, 3.8) is 0 Å². The fraction of sp³-hybridized carbons (Fsp3) is 0.542. The van der Waals surface area contributed by atoms with Gasteiger partial charge in [0.25, 0.3) is 5.91 Å². The number of carbonyl (C=O) groups is 1. The predicted molar refractivity (Wildman–Crippen MR) is 117 cm³/mol. The van der Waals surface area contributed by atoms with Gasteiger partial charge in [-0.2, -0.15) is 0 Å². The molecule has 2 saturated heterocycles. The first-order valence-electron chi connectivity index (χ1n) is 10.8. The number of benzene rings is 1. The van der Waals surface area contributed by atoms with Crippen molar-refractivity contribution in [2.24, 2.45) is 5.92 Å². The number of hydrogen-bond acceptors (Lipinski definition) is 4. The summed E-state index contributed by atoms with van der Waals surface area (Å²) in [6.07, 6.45) is 6.37. The van der Waals surface area contributed by atoms with Crippen molar-refractivity contribution in [2.45, 2.75) is 64.1 Å². The van der Waals surface area contributed by atoms with Gasteiger partial charge < -0.3 is 15.1 Å². The van der Waals surface area contributed by atoms with Gasteiger partial charge in [0.1, 0.15) is 11.8 Å². The smallest absolute Gasteiger partial charge is 0.255 e. The van der Waals surface area contributed by atoms with E-state index in [9.17, 15) is 4.79 Å². The molecule has 4 rings (SSSR count). The molecule has 0 saturated carbocycles. The lowest BCUT2D eigenvalue weighted by atomic mass is 9.90. The molecule has 1 amide bonds. The van der Waals surface area contributed by atoms with Gasteiger partial charge in [-0.05, 0) is 58.4 Å². The van der Waals surface area contributed by atoms with Gasteiger partial charge in [0.15, 0.2) is 0 Å². The van der Waals surface area contributed by atoms with Crippen LogP contribution in [0.15, 0.2) is 47.2 Å². The van der Waals surface area contributed by atoms with E-state index in [1.54, 1.807) is 6.26 Å². The quantitative estimate of drug-likeness (QED) is 0.765. The molecule has 1 aromatic heterocycles. The van der Waals surface area contributed by atoms with Gasteiger partial charge in [-0.1, -0.05) is 24.8 Å². The number of furan rings is 1. The maximum Gasteiger partial charge on any atom is 0.255 e. The van der Waals surface area contributed by atoms with E-state index in [0.717, 1.165) is 42.6 Å². The lowest BCUT2D eigenvalue weighted by molar-refractivity contribution is 0.0895. The number of nitrogens with one attached hydrogen (secondary N) is 2. The molecule has 2 N–H and O–H groups in total. The Morgan fingerprint density at radius 1 is 1.21 bits per heavy atom. The van der Waals surface area contributed by atoms with Crippen LogP contribution in [-0.4, -0.2) is 41.5 Å². The summed E-state index contributed by atoms with van der Waals surface area (Å²) in [6.45, 7) is 12.4. The summed E-state index contributed by atoms with van der Waals surface area (Å²) in [5.74, 6) is 0.502. The minimum atomic E-state index is -0.0347. The van der Waals surface area contributed by atoms with Crippen molar-refractivity contribution < 1.29 is 9.21 Å². The fourth-order valence-electron chi connectivity index (χ4n) is 5.09. The SMILES string of the molecule is C=C(CN1C2CCC1CC(CNC(=O)c1coc3ccccc13)C2)NC(C)(C)C. The summed E-state index contributed by atoms with van der Waals surface area (Å²) in [7, 11) is 0. The van der Waals surface area contributed by atoms with Gasteiger partial charge in [-0.15, -0.1) is 0 Å². The molecule has 156 valence electrons. The third-order valence-electron chi connectivity index (χ3n) is 6.18. The molecule has 29 heavy (non-hydrogen) atoms. The minimum absolute atomic E-state index is 0.0347. The Morgan fingerprint density at radius 3 is 2.59 bits per heavy atom. The van der Waals surface area contributed by atoms with E-state index in [2.05, 4.69) is 42.9 Å². The highest BCUT2D eigenvalue weighted by Crippen LogP contribution is 2.38. The standard InChI is InChI=1S/C24H33N3O2/c1-16(26-24(2,3)4)14-27-18-9-10-19(27)12-17(11-18)13-25-23(28)21-15-29-22-8-6-5-7-20(21)22/h5-8,15,17-19,26H,1,9-14H2,2-4H3,(H,25,28). The van der Waals surface area contributed by atoms with Crippen LogP contribution in [0.5, 0.6) is 0 Å². The zero-order chi connectivity index (χ0) is 20.6. The highest BCUT2D eigenvalue weighted by Gasteiger charge is 2.40. The normalized spacial score (nSPS) is 24.6. The van der Waals surface area contributed by atoms with Crippen molar-refractivity contribution in [2.75, 3.05) is 13.1 Å². The van der Waals surface area contributed by atoms with Crippen LogP contribution in [0.1, 0.15) is 56.8 Å². The first-order chi connectivity index (χ1) is 13.8. The number of amides is 1. The van der Waals surface area contributed by atoms with Gasteiger partial charge in [-0.25, -0.2) is 0 Å². The molecule has 0 radical (unpaired) electrons. The van der Waals surface area contributed by atoms with Gasteiger partial charge >= 0.3 is 0 Å². The Labute approximate surface area is 173 Å². The van der Waals surface area contributed by atoms with E-state index in [1.807, 2.05) is 24.3 Å². The van der Waals surface area contributed by atoms with Gasteiger partial charge in [0.05, 0.1) is 5.56 Å². The Balaban J connectivity index is 1.31. The summed E-state index contributed by atoms with van der Waals surface area (Å²) >= 11 is 0. The van der Waals surface area contributed by atoms with Crippen LogP contribution in [0.25, 0.3) is 11.0 Å². The molecule has 1 aromatic carbocycles. The number of hydrogen-bond donors (Lipinski definition) is 2.